The molecule has 0 fully saturated rings. The summed E-state index contributed by atoms with van der Waals surface area (Å²) in [6.07, 6.45) is 0. The van der Waals surface area contributed by atoms with Gasteiger partial charge in [0.25, 0.3) is 11.8 Å². The molecule has 0 spiro atoms. The van der Waals surface area contributed by atoms with Gasteiger partial charge in [-0.05, 0) is 34.5 Å². The number of amides is 2. The average molecular weight is 302 g/mol. The van der Waals surface area contributed by atoms with E-state index < -0.39 is 0 Å². The van der Waals surface area contributed by atoms with Crippen molar-refractivity contribution in [3.63, 3.8) is 0 Å². The number of anilines is 1. The van der Waals surface area contributed by atoms with Crippen LogP contribution >= 0.6 is 0 Å². The van der Waals surface area contributed by atoms with Crippen LogP contribution in [0.5, 0.6) is 0 Å². The van der Waals surface area contributed by atoms with E-state index in [0.717, 1.165) is 16.3 Å². The topological polar surface area (TPSA) is 58.2 Å². The van der Waals surface area contributed by atoms with Gasteiger partial charge in [-0.25, -0.2) is 0 Å². The minimum absolute atomic E-state index is 0.144. The van der Waals surface area contributed by atoms with Crippen LogP contribution in [0.25, 0.3) is 10.8 Å². The summed E-state index contributed by atoms with van der Waals surface area (Å²) in [4.78, 5) is 24.4. The molecule has 1 aliphatic heterocycles. The highest BCUT2D eigenvalue weighted by atomic mass is 16.2. The van der Waals surface area contributed by atoms with E-state index in [2.05, 4.69) is 10.6 Å². The Morgan fingerprint density at radius 1 is 0.957 bits per heavy atom. The lowest BCUT2D eigenvalue weighted by Crippen LogP contribution is -2.17. The third-order valence-electron chi connectivity index (χ3n) is 4.08. The molecular weight excluding hydrogens is 288 g/mol. The monoisotopic (exact) mass is 302 g/mol. The Morgan fingerprint density at radius 3 is 2.65 bits per heavy atom. The normalized spacial score (nSPS) is 12.8. The molecule has 0 aliphatic carbocycles. The predicted octanol–water partition coefficient (Wildman–Crippen LogP) is 3.34. The molecule has 112 valence electrons. The third-order valence-corrected chi connectivity index (χ3v) is 4.08. The molecule has 1 aliphatic rings. The van der Waals surface area contributed by atoms with Gasteiger partial charge in [0.1, 0.15) is 0 Å². The van der Waals surface area contributed by atoms with E-state index in [1.54, 1.807) is 12.1 Å². The van der Waals surface area contributed by atoms with Gasteiger partial charge in [0.2, 0.25) is 0 Å². The zero-order valence-corrected chi connectivity index (χ0v) is 12.3. The standard InChI is InChI=1S/C19H14N2O2/c22-18(14-9-8-12-4-1-2-5-13(12)10-14)21-16-7-3-6-15-11-20-19(23)17(15)16/h1-10H,11H2,(H,20,23)(H,21,22). The number of rotatable bonds is 2. The summed E-state index contributed by atoms with van der Waals surface area (Å²) in [5.74, 6) is -0.363. The lowest BCUT2D eigenvalue weighted by molar-refractivity contribution is 0.0966. The molecule has 2 amide bonds. The first-order valence-corrected chi connectivity index (χ1v) is 7.42. The summed E-state index contributed by atoms with van der Waals surface area (Å²) in [6, 6.07) is 18.9. The minimum Gasteiger partial charge on any atom is -0.348 e. The van der Waals surface area contributed by atoms with Crippen molar-refractivity contribution in [3.8, 4) is 0 Å². The first kappa shape index (κ1) is 13.5. The number of carbonyl (C=O) groups is 2. The highest BCUT2D eigenvalue weighted by Crippen LogP contribution is 2.25. The Balaban J connectivity index is 1.68. The molecule has 3 aromatic rings. The van der Waals surface area contributed by atoms with E-state index in [1.165, 1.54) is 0 Å². The van der Waals surface area contributed by atoms with Crippen LogP contribution in [0.4, 0.5) is 5.69 Å². The molecule has 4 rings (SSSR count). The number of carbonyl (C=O) groups excluding carboxylic acids is 2. The second-order valence-corrected chi connectivity index (χ2v) is 5.54. The Labute approximate surface area is 133 Å². The maximum Gasteiger partial charge on any atom is 0.255 e. The quantitative estimate of drug-likeness (QED) is 0.763. The average Bonchev–Trinajstić information content (AvgIpc) is 2.97. The first-order valence-electron chi connectivity index (χ1n) is 7.42. The Bertz CT molecular complexity index is 947. The third kappa shape index (κ3) is 2.34. The zero-order chi connectivity index (χ0) is 15.8. The van der Waals surface area contributed by atoms with Crippen LogP contribution in [0.2, 0.25) is 0 Å². The molecule has 0 atom stereocenters. The minimum atomic E-state index is -0.219. The van der Waals surface area contributed by atoms with Gasteiger partial charge in [-0.3, -0.25) is 9.59 Å². The number of hydrogen-bond acceptors (Lipinski definition) is 2. The van der Waals surface area contributed by atoms with Crippen molar-refractivity contribution in [2.45, 2.75) is 6.54 Å². The van der Waals surface area contributed by atoms with Crippen molar-refractivity contribution in [2.75, 3.05) is 5.32 Å². The largest absolute Gasteiger partial charge is 0.348 e. The van der Waals surface area contributed by atoms with Gasteiger partial charge in [0, 0.05) is 12.1 Å². The van der Waals surface area contributed by atoms with Crippen molar-refractivity contribution >= 4 is 28.3 Å². The summed E-state index contributed by atoms with van der Waals surface area (Å²) in [5.41, 5.74) is 2.59. The van der Waals surface area contributed by atoms with Crippen LogP contribution in [0, 0.1) is 0 Å². The fraction of sp³-hybridized carbons (Fsp3) is 0.0526. The van der Waals surface area contributed by atoms with Gasteiger partial charge in [-0.1, -0.05) is 42.5 Å². The molecule has 0 unspecified atom stereocenters. The molecule has 3 aromatic carbocycles. The Kier molecular flexibility index (Phi) is 3.08. The maximum atomic E-state index is 12.5. The van der Waals surface area contributed by atoms with Gasteiger partial charge >= 0.3 is 0 Å². The summed E-state index contributed by atoms with van der Waals surface area (Å²) in [6.45, 7) is 0.508. The fourth-order valence-corrected chi connectivity index (χ4v) is 2.91. The molecule has 0 saturated carbocycles. The van der Waals surface area contributed by atoms with Crippen LogP contribution in [-0.2, 0) is 6.54 Å². The lowest BCUT2D eigenvalue weighted by Gasteiger charge is -2.09. The van der Waals surface area contributed by atoms with Gasteiger partial charge in [0.15, 0.2) is 0 Å². The predicted molar refractivity (Wildman–Crippen MR) is 89.5 cm³/mol. The number of benzene rings is 3. The van der Waals surface area contributed by atoms with Gasteiger partial charge in [-0.15, -0.1) is 0 Å². The van der Waals surface area contributed by atoms with E-state index in [1.807, 2.05) is 48.5 Å². The van der Waals surface area contributed by atoms with Crippen LogP contribution in [-0.4, -0.2) is 11.8 Å². The van der Waals surface area contributed by atoms with Gasteiger partial charge < -0.3 is 10.6 Å². The van der Waals surface area contributed by atoms with Crippen molar-refractivity contribution in [1.29, 1.82) is 0 Å². The van der Waals surface area contributed by atoms with Crippen molar-refractivity contribution in [1.82, 2.24) is 5.32 Å². The van der Waals surface area contributed by atoms with Crippen molar-refractivity contribution < 1.29 is 9.59 Å². The first-order chi connectivity index (χ1) is 11.2. The SMILES string of the molecule is O=C(Nc1cccc2c1C(=O)NC2)c1ccc2ccccc2c1. The molecule has 0 radical (unpaired) electrons. The van der Waals surface area contributed by atoms with Gasteiger partial charge in [0.05, 0.1) is 11.3 Å². The molecule has 23 heavy (non-hydrogen) atoms. The van der Waals surface area contributed by atoms with Gasteiger partial charge in [-0.2, -0.15) is 0 Å². The fourth-order valence-electron chi connectivity index (χ4n) is 2.91. The van der Waals surface area contributed by atoms with Crippen molar-refractivity contribution in [2.24, 2.45) is 0 Å². The highest BCUT2D eigenvalue weighted by molar-refractivity contribution is 6.11. The molecule has 4 heteroatoms. The number of hydrogen-bond donors (Lipinski definition) is 2. The summed E-state index contributed by atoms with van der Waals surface area (Å²) >= 11 is 0. The van der Waals surface area contributed by atoms with Crippen LogP contribution in [0.1, 0.15) is 26.3 Å². The molecule has 4 nitrogen and oxygen atoms in total. The van der Waals surface area contributed by atoms with E-state index in [4.69, 9.17) is 0 Å². The molecule has 1 heterocycles. The summed E-state index contributed by atoms with van der Waals surface area (Å²) in [5, 5.41) is 7.72. The molecule has 0 bridgehead atoms. The molecular formula is C19H14N2O2. The molecule has 0 aromatic heterocycles. The smallest absolute Gasteiger partial charge is 0.255 e. The summed E-state index contributed by atoms with van der Waals surface area (Å²) < 4.78 is 0. The second-order valence-electron chi connectivity index (χ2n) is 5.54. The zero-order valence-electron chi connectivity index (χ0n) is 12.3. The number of fused-ring (bicyclic) bond motifs is 2. The summed E-state index contributed by atoms with van der Waals surface area (Å²) in [7, 11) is 0. The van der Waals surface area contributed by atoms with E-state index in [-0.39, 0.29) is 11.8 Å². The van der Waals surface area contributed by atoms with E-state index >= 15 is 0 Å². The van der Waals surface area contributed by atoms with E-state index in [9.17, 15) is 9.59 Å². The Morgan fingerprint density at radius 2 is 1.78 bits per heavy atom. The Hall–Kier alpha value is -3.14. The highest BCUT2D eigenvalue weighted by Gasteiger charge is 2.23. The van der Waals surface area contributed by atoms with Crippen molar-refractivity contribution in [3.05, 3.63) is 77.4 Å². The maximum absolute atomic E-state index is 12.5. The van der Waals surface area contributed by atoms with Crippen LogP contribution < -0.4 is 10.6 Å². The molecule has 2 N–H and O–H groups in total. The molecule has 0 saturated heterocycles. The van der Waals surface area contributed by atoms with Crippen LogP contribution in [0.3, 0.4) is 0 Å². The second kappa shape index (κ2) is 5.25. The van der Waals surface area contributed by atoms with E-state index in [0.29, 0.717) is 23.4 Å². The lowest BCUT2D eigenvalue weighted by atomic mass is 10.1. The number of nitrogens with one attached hydrogen (secondary N) is 2. The van der Waals surface area contributed by atoms with Crippen LogP contribution in [0.15, 0.2) is 60.7 Å².